The number of aromatic nitrogens is 2. The maximum absolute atomic E-state index is 10.7. The van der Waals surface area contributed by atoms with E-state index in [1.165, 1.54) is 0 Å². The standard InChI is InChI=1S/C15H18N4O2/c1-11(13-10-17-7-8-18-13)19-12-4-2-3-5-14(12)21-9-6-15(16)20/h2-5,7-8,10-11,19H,6,9H2,1H3,(H2,16,20). The van der Waals surface area contributed by atoms with E-state index in [0.29, 0.717) is 5.75 Å². The van der Waals surface area contributed by atoms with Gasteiger partial charge in [-0.05, 0) is 19.1 Å². The van der Waals surface area contributed by atoms with Crippen LogP contribution in [0, 0.1) is 0 Å². The molecule has 1 heterocycles. The molecule has 0 fully saturated rings. The van der Waals surface area contributed by atoms with Crippen molar-refractivity contribution in [1.29, 1.82) is 0 Å². The van der Waals surface area contributed by atoms with Gasteiger partial charge in [0.2, 0.25) is 5.91 Å². The largest absolute Gasteiger partial charge is 0.491 e. The molecule has 1 amide bonds. The molecule has 0 aliphatic rings. The summed E-state index contributed by atoms with van der Waals surface area (Å²) in [6.45, 7) is 2.25. The lowest BCUT2D eigenvalue weighted by Gasteiger charge is -2.17. The highest BCUT2D eigenvalue weighted by atomic mass is 16.5. The van der Waals surface area contributed by atoms with Gasteiger partial charge in [-0.25, -0.2) is 0 Å². The molecule has 1 aromatic carbocycles. The van der Waals surface area contributed by atoms with Gasteiger partial charge < -0.3 is 15.8 Å². The summed E-state index contributed by atoms with van der Waals surface area (Å²) in [5, 5.41) is 3.32. The second-order valence-electron chi connectivity index (χ2n) is 4.56. The lowest BCUT2D eigenvalue weighted by atomic mass is 10.2. The number of nitrogens with two attached hydrogens (primary N) is 1. The molecule has 0 bridgehead atoms. The number of hydrogen-bond donors (Lipinski definition) is 2. The number of nitrogens with zero attached hydrogens (tertiary/aromatic N) is 2. The minimum Gasteiger partial charge on any atom is -0.491 e. The van der Waals surface area contributed by atoms with Gasteiger partial charge in [0.25, 0.3) is 0 Å². The molecular weight excluding hydrogens is 268 g/mol. The summed E-state index contributed by atoms with van der Waals surface area (Å²) in [6.07, 6.45) is 5.20. The molecule has 3 N–H and O–H groups in total. The Morgan fingerprint density at radius 3 is 2.90 bits per heavy atom. The first kappa shape index (κ1) is 14.8. The van der Waals surface area contributed by atoms with Crippen molar-refractivity contribution in [2.75, 3.05) is 11.9 Å². The number of ether oxygens (including phenoxy) is 1. The van der Waals surface area contributed by atoms with Gasteiger partial charge in [-0.1, -0.05) is 12.1 Å². The van der Waals surface area contributed by atoms with Crippen molar-refractivity contribution >= 4 is 11.6 Å². The fourth-order valence-electron chi connectivity index (χ4n) is 1.81. The van der Waals surface area contributed by atoms with E-state index < -0.39 is 0 Å². The van der Waals surface area contributed by atoms with Crippen LogP contribution in [-0.2, 0) is 4.79 Å². The van der Waals surface area contributed by atoms with Gasteiger partial charge in [-0.2, -0.15) is 0 Å². The van der Waals surface area contributed by atoms with Crippen molar-refractivity contribution in [2.45, 2.75) is 19.4 Å². The summed E-state index contributed by atoms with van der Waals surface area (Å²) >= 11 is 0. The van der Waals surface area contributed by atoms with E-state index in [-0.39, 0.29) is 25.0 Å². The Bertz CT molecular complexity index is 589. The Balaban J connectivity index is 2.04. The topological polar surface area (TPSA) is 90.1 Å². The third-order valence-electron chi connectivity index (χ3n) is 2.89. The molecule has 2 aromatic rings. The highest BCUT2D eigenvalue weighted by Gasteiger charge is 2.10. The van der Waals surface area contributed by atoms with Crippen LogP contribution in [0.5, 0.6) is 5.75 Å². The average molecular weight is 286 g/mol. The van der Waals surface area contributed by atoms with E-state index in [2.05, 4.69) is 15.3 Å². The number of carbonyl (C=O) groups is 1. The van der Waals surface area contributed by atoms with Crippen molar-refractivity contribution in [2.24, 2.45) is 5.73 Å². The number of anilines is 1. The van der Waals surface area contributed by atoms with Gasteiger partial charge in [0.05, 0.1) is 36.6 Å². The highest BCUT2D eigenvalue weighted by Crippen LogP contribution is 2.27. The molecule has 0 saturated carbocycles. The minimum absolute atomic E-state index is 0.0143. The third kappa shape index (κ3) is 4.45. The van der Waals surface area contributed by atoms with Crippen LogP contribution in [0.3, 0.4) is 0 Å². The number of carbonyl (C=O) groups excluding carboxylic acids is 1. The maximum atomic E-state index is 10.7. The zero-order valence-corrected chi connectivity index (χ0v) is 11.8. The van der Waals surface area contributed by atoms with Gasteiger partial charge in [-0.15, -0.1) is 0 Å². The summed E-state index contributed by atoms with van der Waals surface area (Å²) in [4.78, 5) is 19.1. The zero-order valence-electron chi connectivity index (χ0n) is 11.8. The van der Waals surface area contributed by atoms with E-state index in [1.54, 1.807) is 18.6 Å². The molecular formula is C15H18N4O2. The quantitative estimate of drug-likeness (QED) is 0.811. The Morgan fingerprint density at radius 1 is 1.38 bits per heavy atom. The van der Waals surface area contributed by atoms with E-state index in [0.717, 1.165) is 11.4 Å². The molecule has 1 aromatic heterocycles. The minimum atomic E-state index is -0.381. The first-order valence-corrected chi connectivity index (χ1v) is 6.69. The third-order valence-corrected chi connectivity index (χ3v) is 2.89. The number of para-hydroxylation sites is 2. The fourth-order valence-corrected chi connectivity index (χ4v) is 1.81. The van der Waals surface area contributed by atoms with Crippen molar-refractivity contribution in [3.8, 4) is 5.75 Å². The number of hydrogen-bond acceptors (Lipinski definition) is 5. The van der Waals surface area contributed by atoms with Gasteiger partial charge in [-0.3, -0.25) is 14.8 Å². The van der Waals surface area contributed by atoms with Crippen molar-refractivity contribution in [3.05, 3.63) is 48.5 Å². The number of primary amides is 1. The van der Waals surface area contributed by atoms with Crippen LogP contribution < -0.4 is 15.8 Å². The molecule has 2 rings (SSSR count). The Labute approximate surface area is 123 Å². The summed E-state index contributed by atoms with van der Waals surface area (Å²) in [6, 6.07) is 7.52. The van der Waals surface area contributed by atoms with Crippen LogP contribution in [0.1, 0.15) is 25.1 Å². The molecule has 0 aliphatic heterocycles. The van der Waals surface area contributed by atoms with Crippen molar-refractivity contribution in [1.82, 2.24) is 9.97 Å². The smallest absolute Gasteiger partial charge is 0.220 e. The van der Waals surface area contributed by atoms with Gasteiger partial charge in [0, 0.05) is 12.4 Å². The molecule has 6 nitrogen and oxygen atoms in total. The lowest BCUT2D eigenvalue weighted by molar-refractivity contribution is -0.118. The number of benzene rings is 1. The van der Waals surface area contributed by atoms with E-state index in [4.69, 9.17) is 10.5 Å². The first-order chi connectivity index (χ1) is 10.2. The number of amides is 1. The summed E-state index contributed by atoms with van der Waals surface area (Å²) in [7, 11) is 0. The van der Waals surface area contributed by atoms with Crippen molar-refractivity contribution < 1.29 is 9.53 Å². The maximum Gasteiger partial charge on any atom is 0.220 e. The Kier molecular flexibility index (Phi) is 5.09. The molecule has 0 spiro atoms. The summed E-state index contributed by atoms with van der Waals surface area (Å²) in [5.74, 6) is 0.294. The SMILES string of the molecule is CC(Nc1ccccc1OCCC(N)=O)c1cnccn1. The average Bonchev–Trinajstić information content (AvgIpc) is 2.49. The van der Waals surface area contributed by atoms with E-state index in [1.807, 2.05) is 31.2 Å². The van der Waals surface area contributed by atoms with E-state index in [9.17, 15) is 4.79 Å². The zero-order chi connectivity index (χ0) is 15.1. The normalized spacial score (nSPS) is 11.7. The van der Waals surface area contributed by atoms with Crippen LogP contribution in [0.4, 0.5) is 5.69 Å². The van der Waals surface area contributed by atoms with Crippen LogP contribution in [0.2, 0.25) is 0 Å². The molecule has 21 heavy (non-hydrogen) atoms. The Morgan fingerprint density at radius 2 is 2.19 bits per heavy atom. The molecule has 0 aliphatic carbocycles. The molecule has 0 radical (unpaired) electrons. The van der Waals surface area contributed by atoms with Gasteiger partial charge >= 0.3 is 0 Å². The molecule has 6 heteroatoms. The number of rotatable bonds is 7. The second kappa shape index (κ2) is 7.23. The van der Waals surface area contributed by atoms with Gasteiger partial charge in [0.15, 0.2) is 0 Å². The van der Waals surface area contributed by atoms with Crippen LogP contribution in [0.25, 0.3) is 0 Å². The second-order valence-corrected chi connectivity index (χ2v) is 4.56. The fraction of sp³-hybridized carbons (Fsp3) is 0.267. The molecule has 110 valence electrons. The van der Waals surface area contributed by atoms with Crippen molar-refractivity contribution in [3.63, 3.8) is 0 Å². The monoisotopic (exact) mass is 286 g/mol. The van der Waals surface area contributed by atoms with Crippen LogP contribution in [-0.4, -0.2) is 22.5 Å². The predicted molar refractivity (Wildman–Crippen MR) is 79.8 cm³/mol. The van der Waals surface area contributed by atoms with Gasteiger partial charge in [0.1, 0.15) is 5.75 Å². The predicted octanol–water partition coefficient (Wildman–Crippen LogP) is 1.90. The summed E-state index contributed by atoms with van der Waals surface area (Å²) in [5.41, 5.74) is 6.77. The van der Waals surface area contributed by atoms with Crippen LogP contribution in [0.15, 0.2) is 42.9 Å². The van der Waals surface area contributed by atoms with E-state index >= 15 is 0 Å². The number of nitrogens with one attached hydrogen (secondary N) is 1. The highest BCUT2D eigenvalue weighted by molar-refractivity contribution is 5.73. The molecule has 0 saturated heterocycles. The molecule has 1 atom stereocenters. The first-order valence-electron chi connectivity index (χ1n) is 6.69. The van der Waals surface area contributed by atoms with Crippen LogP contribution >= 0.6 is 0 Å². The lowest BCUT2D eigenvalue weighted by Crippen LogP contribution is -2.15. The summed E-state index contributed by atoms with van der Waals surface area (Å²) < 4.78 is 5.59. The molecule has 1 unspecified atom stereocenters. The Hall–Kier alpha value is -2.63.